The molecule has 1 amide bonds. The Kier molecular flexibility index (Phi) is 5.59. The van der Waals surface area contributed by atoms with Crippen LogP contribution in [0, 0.1) is 5.92 Å². The lowest BCUT2D eigenvalue weighted by atomic mass is 9.94. The second-order valence-electron chi connectivity index (χ2n) is 7.61. The molecular formula is C21H27N5O2. The fourth-order valence-corrected chi connectivity index (χ4v) is 4.07. The summed E-state index contributed by atoms with van der Waals surface area (Å²) in [6, 6.07) is 17.4. The molecule has 2 aliphatic rings. The number of likely N-dealkylation sites (N-methyl/N-ethyl adjacent to an activating group) is 1. The monoisotopic (exact) mass is 381 g/mol. The maximum absolute atomic E-state index is 12.9. The number of hydrazine groups is 2. The summed E-state index contributed by atoms with van der Waals surface area (Å²) in [5.41, 5.74) is 15.2. The summed E-state index contributed by atoms with van der Waals surface area (Å²) in [6.45, 7) is 1.50. The van der Waals surface area contributed by atoms with E-state index in [0.717, 1.165) is 12.1 Å². The lowest BCUT2D eigenvalue weighted by Gasteiger charge is -2.26. The number of amides is 1. The number of hydrogen-bond acceptors (Lipinski definition) is 6. The molecule has 5 N–H and O–H groups in total. The van der Waals surface area contributed by atoms with Crippen LogP contribution in [0.5, 0.6) is 5.75 Å². The van der Waals surface area contributed by atoms with Crippen LogP contribution in [0.2, 0.25) is 0 Å². The molecule has 4 unspecified atom stereocenters. The molecule has 2 heterocycles. The average molecular weight is 381 g/mol. The van der Waals surface area contributed by atoms with Crippen molar-refractivity contribution in [3.8, 4) is 5.75 Å². The summed E-state index contributed by atoms with van der Waals surface area (Å²) in [7, 11) is 1.87. The van der Waals surface area contributed by atoms with Crippen LogP contribution in [0.4, 0.5) is 0 Å². The molecule has 4 atom stereocenters. The van der Waals surface area contributed by atoms with Gasteiger partial charge < -0.3 is 10.0 Å². The number of phenols is 1. The van der Waals surface area contributed by atoms with Crippen molar-refractivity contribution in [3.63, 3.8) is 0 Å². The van der Waals surface area contributed by atoms with E-state index in [-0.39, 0.29) is 29.8 Å². The highest BCUT2D eigenvalue weighted by Crippen LogP contribution is 2.27. The van der Waals surface area contributed by atoms with Crippen LogP contribution in [0.15, 0.2) is 54.6 Å². The minimum Gasteiger partial charge on any atom is -0.508 e. The molecule has 148 valence electrons. The Morgan fingerprint density at radius 3 is 2.54 bits per heavy atom. The standard InChI is InChI=1S/C21H27N5O2/c1-26(13-16-12-22-25-20(16)15-5-3-2-4-6-15)21(28)19-11-18(23-24-19)14-7-9-17(27)10-8-14/h2-10,16,18-20,22-25,27H,11-13H2,1H3. The average Bonchev–Trinajstić information content (AvgIpc) is 3.38. The molecule has 0 radical (unpaired) electrons. The maximum atomic E-state index is 12.9. The SMILES string of the molecule is CN(CC1CNNC1c1ccccc1)C(=O)C1CC(c2ccc(O)cc2)NN1. The highest BCUT2D eigenvalue weighted by Gasteiger charge is 2.35. The first-order valence-electron chi connectivity index (χ1n) is 9.70. The third-order valence-electron chi connectivity index (χ3n) is 5.63. The van der Waals surface area contributed by atoms with Gasteiger partial charge in [0.1, 0.15) is 11.8 Å². The van der Waals surface area contributed by atoms with E-state index in [1.165, 1.54) is 5.56 Å². The van der Waals surface area contributed by atoms with E-state index in [1.807, 2.05) is 42.3 Å². The lowest BCUT2D eigenvalue weighted by molar-refractivity contribution is -0.132. The summed E-state index contributed by atoms with van der Waals surface area (Å²) < 4.78 is 0. The van der Waals surface area contributed by atoms with Gasteiger partial charge in [0, 0.05) is 32.1 Å². The number of carbonyl (C=O) groups is 1. The smallest absolute Gasteiger partial charge is 0.240 e. The first-order valence-corrected chi connectivity index (χ1v) is 9.70. The van der Waals surface area contributed by atoms with Crippen molar-refractivity contribution in [2.75, 3.05) is 20.1 Å². The number of nitrogens with zero attached hydrogens (tertiary/aromatic N) is 1. The first-order chi connectivity index (χ1) is 13.6. The van der Waals surface area contributed by atoms with E-state index in [4.69, 9.17) is 0 Å². The Morgan fingerprint density at radius 2 is 1.79 bits per heavy atom. The number of aromatic hydroxyl groups is 1. The van der Waals surface area contributed by atoms with Gasteiger partial charge in [-0.3, -0.25) is 10.2 Å². The second-order valence-corrected chi connectivity index (χ2v) is 7.61. The predicted octanol–water partition coefficient (Wildman–Crippen LogP) is 1.22. The van der Waals surface area contributed by atoms with Crippen molar-refractivity contribution in [2.24, 2.45) is 5.92 Å². The summed E-state index contributed by atoms with van der Waals surface area (Å²) in [5.74, 6) is 0.639. The number of benzene rings is 2. The molecule has 7 nitrogen and oxygen atoms in total. The Balaban J connectivity index is 1.35. The summed E-state index contributed by atoms with van der Waals surface area (Å²) in [4.78, 5) is 14.8. The van der Waals surface area contributed by atoms with Gasteiger partial charge in [0.2, 0.25) is 5.91 Å². The second kappa shape index (κ2) is 8.28. The molecular weight excluding hydrogens is 354 g/mol. The molecule has 0 aromatic heterocycles. The third kappa shape index (κ3) is 4.02. The highest BCUT2D eigenvalue weighted by molar-refractivity contribution is 5.82. The number of hydrogen-bond donors (Lipinski definition) is 5. The predicted molar refractivity (Wildman–Crippen MR) is 107 cm³/mol. The van der Waals surface area contributed by atoms with E-state index in [9.17, 15) is 9.90 Å². The Bertz CT molecular complexity index is 798. The topological polar surface area (TPSA) is 88.7 Å². The van der Waals surface area contributed by atoms with Gasteiger partial charge in [0.15, 0.2) is 0 Å². The van der Waals surface area contributed by atoms with Crippen molar-refractivity contribution in [1.29, 1.82) is 0 Å². The van der Waals surface area contributed by atoms with Crippen molar-refractivity contribution < 1.29 is 9.90 Å². The molecule has 0 aliphatic carbocycles. The fraction of sp³-hybridized carbons (Fsp3) is 0.381. The molecule has 2 aliphatic heterocycles. The van der Waals surface area contributed by atoms with Crippen molar-refractivity contribution in [3.05, 3.63) is 65.7 Å². The van der Waals surface area contributed by atoms with Gasteiger partial charge in [0.25, 0.3) is 0 Å². The molecule has 0 bridgehead atoms. The largest absolute Gasteiger partial charge is 0.508 e. The van der Waals surface area contributed by atoms with Gasteiger partial charge in [-0.15, -0.1) is 0 Å². The van der Waals surface area contributed by atoms with E-state index < -0.39 is 0 Å². The number of rotatable bonds is 5. The minimum atomic E-state index is -0.263. The van der Waals surface area contributed by atoms with E-state index >= 15 is 0 Å². The van der Waals surface area contributed by atoms with Gasteiger partial charge >= 0.3 is 0 Å². The third-order valence-corrected chi connectivity index (χ3v) is 5.63. The molecule has 2 aromatic carbocycles. The Labute approximate surface area is 165 Å². The van der Waals surface area contributed by atoms with E-state index in [2.05, 4.69) is 33.8 Å². The molecule has 4 rings (SSSR count). The molecule has 28 heavy (non-hydrogen) atoms. The quantitative estimate of drug-likeness (QED) is 0.535. The Hall–Kier alpha value is -2.45. The minimum absolute atomic E-state index is 0.0508. The maximum Gasteiger partial charge on any atom is 0.240 e. The molecule has 2 aromatic rings. The fourth-order valence-electron chi connectivity index (χ4n) is 4.07. The van der Waals surface area contributed by atoms with Gasteiger partial charge in [-0.25, -0.2) is 16.3 Å². The summed E-state index contributed by atoms with van der Waals surface area (Å²) in [6.07, 6.45) is 0.678. The molecule has 0 spiro atoms. The zero-order valence-electron chi connectivity index (χ0n) is 15.9. The zero-order valence-corrected chi connectivity index (χ0v) is 15.9. The van der Waals surface area contributed by atoms with Crippen LogP contribution in [0.3, 0.4) is 0 Å². The zero-order chi connectivity index (χ0) is 19.5. The highest BCUT2D eigenvalue weighted by atomic mass is 16.3. The van der Waals surface area contributed by atoms with Gasteiger partial charge in [-0.1, -0.05) is 42.5 Å². The van der Waals surface area contributed by atoms with Gasteiger partial charge in [-0.05, 0) is 29.7 Å². The molecule has 7 heteroatoms. The normalized spacial score (nSPS) is 27.0. The van der Waals surface area contributed by atoms with Crippen LogP contribution < -0.4 is 21.7 Å². The van der Waals surface area contributed by atoms with Crippen LogP contribution in [-0.4, -0.2) is 42.1 Å². The van der Waals surface area contributed by atoms with Crippen LogP contribution in [-0.2, 0) is 4.79 Å². The van der Waals surface area contributed by atoms with E-state index in [1.54, 1.807) is 12.1 Å². The summed E-state index contributed by atoms with van der Waals surface area (Å²) >= 11 is 0. The molecule has 2 fully saturated rings. The van der Waals surface area contributed by atoms with Crippen molar-refractivity contribution >= 4 is 5.91 Å². The lowest BCUT2D eigenvalue weighted by Crippen LogP contribution is -2.46. The van der Waals surface area contributed by atoms with E-state index in [0.29, 0.717) is 18.9 Å². The molecule has 2 saturated heterocycles. The van der Waals surface area contributed by atoms with Crippen molar-refractivity contribution in [1.82, 2.24) is 26.6 Å². The van der Waals surface area contributed by atoms with Crippen LogP contribution in [0.25, 0.3) is 0 Å². The van der Waals surface area contributed by atoms with Gasteiger partial charge in [-0.2, -0.15) is 0 Å². The van der Waals surface area contributed by atoms with Crippen LogP contribution >= 0.6 is 0 Å². The number of nitrogens with one attached hydrogen (secondary N) is 4. The number of carbonyl (C=O) groups excluding carboxylic acids is 1. The first kappa shape index (κ1) is 18.9. The Morgan fingerprint density at radius 1 is 1.04 bits per heavy atom. The molecule has 0 saturated carbocycles. The van der Waals surface area contributed by atoms with Gasteiger partial charge in [0.05, 0.1) is 6.04 Å². The van der Waals surface area contributed by atoms with Crippen molar-refractivity contribution in [2.45, 2.75) is 24.5 Å². The number of phenolic OH excluding ortho intramolecular Hbond substituents is 1. The van der Waals surface area contributed by atoms with Crippen LogP contribution in [0.1, 0.15) is 29.6 Å². The summed E-state index contributed by atoms with van der Waals surface area (Å²) in [5, 5.41) is 9.44.